The lowest BCUT2D eigenvalue weighted by molar-refractivity contribution is -0.122. The van der Waals surface area contributed by atoms with Gasteiger partial charge in [0, 0.05) is 18.5 Å². The van der Waals surface area contributed by atoms with Gasteiger partial charge in [0.05, 0.1) is 10.6 Å². The highest BCUT2D eigenvalue weighted by Gasteiger charge is 2.24. The molecule has 2 N–H and O–H groups in total. The Morgan fingerprint density at radius 3 is 3.04 bits per heavy atom. The van der Waals surface area contributed by atoms with Crippen molar-refractivity contribution in [1.82, 2.24) is 20.4 Å². The fourth-order valence-corrected chi connectivity index (χ4v) is 4.07. The van der Waals surface area contributed by atoms with Crippen LogP contribution in [-0.4, -0.2) is 34.2 Å². The first-order valence-corrected chi connectivity index (χ1v) is 9.33. The van der Waals surface area contributed by atoms with Crippen molar-refractivity contribution in [2.24, 2.45) is 5.92 Å². The summed E-state index contributed by atoms with van der Waals surface area (Å²) in [6.45, 7) is 7.78. The van der Waals surface area contributed by atoms with E-state index in [1.54, 1.807) is 0 Å². The molecule has 0 aliphatic carbocycles. The number of rotatable bonds is 4. The molecule has 0 bridgehead atoms. The van der Waals surface area contributed by atoms with Crippen LogP contribution in [0.4, 0.5) is 0 Å². The lowest BCUT2D eigenvalue weighted by Gasteiger charge is -2.14. The third-order valence-electron chi connectivity index (χ3n) is 4.21. The third kappa shape index (κ3) is 3.45. The summed E-state index contributed by atoms with van der Waals surface area (Å²) < 4.78 is 1.98. The number of hydrogen-bond donors (Lipinski definition) is 2. The molecule has 2 aromatic heterocycles. The Labute approximate surface area is 145 Å². The Bertz CT molecular complexity index is 762. The predicted octanol–water partition coefficient (Wildman–Crippen LogP) is 2.46. The van der Waals surface area contributed by atoms with Crippen LogP contribution in [0.15, 0.2) is 6.07 Å². The van der Waals surface area contributed by atoms with E-state index in [1.807, 2.05) is 17.7 Å². The summed E-state index contributed by atoms with van der Waals surface area (Å²) >= 11 is 1.45. The second kappa shape index (κ2) is 6.93. The molecule has 2 aromatic rings. The summed E-state index contributed by atoms with van der Waals surface area (Å²) in [7, 11) is 0. The molecule has 1 aliphatic rings. The zero-order valence-corrected chi connectivity index (χ0v) is 15.2. The molecular formula is C17H24N4O2S. The molecule has 0 radical (unpaired) electrons. The number of aryl methyl sites for hydroxylation is 1. The van der Waals surface area contributed by atoms with E-state index in [0.29, 0.717) is 23.8 Å². The maximum absolute atomic E-state index is 12.6. The first-order chi connectivity index (χ1) is 11.5. The minimum absolute atomic E-state index is 0.0795. The lowest BCUT2D eigenvalue weighted by Crippen LogP contribution is -2.45. The summed E-state index contributed by atoms with van der Waals surface area (Å²) in [5.74, 6) is 0.236. The van der Waals surface area contributed by atoms with Crippen molar-refractivity contribution in [1.29, 1.82) is 0 Å². The van der Waals surface area contributed by atoms with Crippen LogP contribution in [0.2, 0.25) is 0 Å². The van der Waals surface area contributed by atoms with E-state index in [9.17, 15) is 9.59 Å². The summed E-state index contributed by atoms with van der Waals surface area (Å²) in [4.78, 5) is 26.2. The normalized spacial score (nSPS) is 18.7. The molecule has 0 saturated carbocycles. The van der Waals surface area contributed by atoms with Crippen molar-refractivity contribution < 1.29 is 9.59 Å². The molecular weight excluding hydrogens is 324 g/mol. The molecule has 0 aromatic carbocycles. The van der Waals surface area contributed by atoms with Crippen LogP contribution >= 0.6 is 11.3 Å². The predicted molar refractivity (Wildman–Crippen MR) is 95.3 cm³/mol. The van der Waals surface area contributed by atoms with Gasteiger partial charge < -0.3 is 10.6 Å². The lowest BCUT2D eigenvalue weighted by atomic mass is 10.1. The van der Waals surface area contributed by atoms with E-state index in [-0.39, 0.29) is 11.8 Å². The topological polar surface area (TPSA) is 76.0 Å². The Morgan fingerprint density at radius 1 is 1.50 bits per heavy atom. The van der Waals surface area contributed by atoms with Gasteiger partial charge in [-0.05, 0) is 38.2 Å². The molecule has 1 saturated heterocycles. The summed E-state index contributed by atoms with van der Waals surface area (Å²) in [5, 5.41) is 11.3. The highest BCUT2D eigenvalue weighted by Crippen LogP contribution is 2.29. The van der Waals surface area contributed by atoms with Gasteiger partial charge in [-0.2, -0.15) is 5.10 Å². The Hall–Kier alpha value is -1.89. The van der Waals surface area contributed by atoms with E-state index >= 15 is 0 Å². The van der Waals surface area contributed by atoms with Crippen LogP contribution in [0.1, 0.15) is 48.5 Å². The summed E-state index contributed by atoms with van der Waals surface area (Å²) in [6.07, 6.45) is 2.60. The van der Waals surface area contributed by atoms with Crippen LogP contribution in [0, 0.1) is 12.8 Å². The standard InChI is InChI=1S/C17H24N4O2S/c1-10(2)9-21-17-12(11(3)20-21)8-14(24-17)16(23)19-13-6-4-5-7-18-15(13)22/h8,10,13H,4-7,9H2,1-3H3,(H,18,22)(H,19,23)/t13-/m1/s1. The highest BCUT2D eigenvalue weighted by atomic mass is 32.1. The molecule has 0 spiro atoms. The number of carbonyl (C=O) groups is 2. The number of fused-ring (bicyclic) bond motifs is 1. The van der Waals surface area contributed by atoms with E-state index in [2.05, 4.69) is 29.6 Å². The van der Waals surface area contributed by atoms with Gasteiger partial charge in [0.25, 0.3) is 5.91 Å². The largest absolute Gasteiger partial charge is 0.354 e. The molecule has 1 fully saturated rings. The summed E-state index contributed by atoms with van der Waals surface area (Å²) in [5.41, 5.74) is 0.938. The van der Waals surface area contributed by atoms with Crippen LogP contribution in [-0.2, 0) is 11.3 Å². The summed E-state index contributed by atoms with van der Waals surface area (Å²) in [6, 6.07) is 1.46. The van der Waals surface area contributed by atoms with Crippen molar-refractivity contribution in [2.45, 2.75) is 52.6 Å². The number of nitrogens with one attached hydrogen (secondary N) is 2. The average molecular weight is 348 g/mol. The number of hydrogen-bond acceptors (Lipinski definition) is 4. The van der Waals surface area contributed by atoms with Crippen molar-refractivity contribution >= 4 is 33.4 Å². The van der Waals surface area contributed by atoms with Crippen molar-refractivity contribution in [3.63, 3.8) is 0 Å². The minimum atomic E-state index is -0.432. The van der Waals surface area contributed by atoms with E-state index < -0.39 is 6.04 Å². The SMILES string of the molecule is Cc1nn(CC(C)C)c2sc(C(=O)N[C@@H]3CCCCNC3=O)cc12. The van der Waals surface area contributed by atoms with Crippen molar-refractivity contribution in [3.05, 3.63) is 16.6 Å². The third-order valence-corrected chi connectivity index (χ3v) is 5.36. The molecule has 0 unspecified atom stereocenters. The molecule has 7 heteroatoms. The number of aromatic nitrogens is 2. The second-order valence-electron chi connectivity index (χ2n) is 6.80. The van der Waals surface area contributed by atoms with E-state index in [4.69, 9.17) is 0 Å². The minimum Gasteiger partial charge on any atom is -0.354 e. The van der Waals surface area contributed by atoms with Crippen LogP contribution in [0.5, 0.6) is 0 Å². The second-order valence-corrected chi connectivity index (χ2v) is 7.83. The fourth-order valence-electron chi connectivity index (χ4n) is 3.00. The molecule has 2 amide bonds. The number of amides is 2. The van der Waals surface area contributed by atoms with Crippen molar-refractivity contribution in [3.8, 4) is 0 Å². The zero-order valence-electron chi connectivity index (χ0n) is 14.4. The maximum atomic E-state index is 12.6. The average Bonchev–Trinajstić information content (AvgIpc) is 3.00. The Kier molecular flexibility index (Phi) is 4.89. The quantitative estimate of drug-likeness (QED) is 0.891. The zero-order chi connectivity index (χ0) is 17.3. The van der Waals surface area contributed by atoms with Gasteiger partial charge in [-0.3, -0.25) is 14.3 Å². The molecule has 6 nitrogen and oxygen atoms in total. The smallest absolute Gasteiger partial charge is 0.262 e. The molecule has 3 heterocycles. The van der Waals surface area contributed by atoms with E-state index in [1.165, 1.54) is 11.3 Å². The van der Waals surface area contributed by atoms with Gasteiger partial charge in [0.2, 0.25) is 5.91 Å². The first kappa shape index (κ1) is 17.0. The van der Waals surface area contributed by atoms with Gasteiger partial charge in [0.15, 0.2) is 0 Å². The van der Waals surface area contributed by atoms with Crippen LogP contribution in [0.3, 0.4) is 0 Å². The van der Waals surface area contributed by atoms with Gasteiger partial charge in [-0.1, -0.05) is 13.8 Å². The number of nitrogens with zero attached hydrogens (tertiary/aromatic N) is 2. The number of carbonyl (C=O) groups excluding carboxylic acids is 2. The highest BCUT2D eigenvalue weighted by molar-refractivity contribution is 7.20. The van der Waals surface area contributed by atoms with Crippen LogP contribution in [0.25, 0.3) is 10.2 Å². The molecule has 130 valence electrons. The van der Waals surface area contributed by atoms with Crippen molar-refractivity contribution in [2.75, 3.05) is 6.54 Å². The maximum Gasteiger partial charge on any atom is 0.262 e. The first-order valence-electron chi connectivity index (χ1n) is 8.51. The van der Waals surface area contributed by atoms with Crippen LogP contribution < -0.4 is 10.6 Å². The van der Waals surface area contributed by atoms with Gasteiger partial charge >= 0.3 is 0 Å². The van der Waals surface area contributed by atoms with Gasteiger partial charge in [-0.15, -0.1) is 11.3 Å². The van der Waals surface area contributed by atoms with Gasteiger partial charge in [-0.25, -0.2) is 0 Å². The fraction of sp³-hybridized carbons (Fsp3) is 0.588. The van der Waals surface area contributed by atoms with E-state index in [0.717, 1.165) is 35.3 Å². The molecule has 1 atom stereocenters. The monoisotopic (exact) mass is 348 g/mol. The Morgan fingerprint density at radius 2 is 2.29 bits per heavy atom. The molecule has 24 heavy (non-hydrogen) atoms. The van der Waals surface area contributed by atoms with Gasteiger partial charge in [0.1, 0.15) is 10.9 Å². The molecule has 3 rings (SSSR count). The number of thiophene rings is 1. The Balaban J connectivity index is 1.81. The molecule has 1 aliphatic heterocycles.